The Morgan fingerprint density at radius 3 is 1.98 bits per heavy atom. The van der Waals surface area contributed by atoms with Crippen molar-refractivity contribution in [3.8, 4) is 0 Å². The van der Waals surface area contributed by atoms with Gasteiger partial charge in [-0.25, -0.2) is 8.42 Å². The Labute approximate surface area is 287 Å². The molecule has 1 N–H and O–H groups in total. The van der Waals surface area contributed by atoms with Crippen molar-refractivity contribution < 1.29 is 18.0 Å². The number of aryl methyl sites for hydroxylation is 2. The van der Waals surface area contributed by atoms with Gasteiger partial charge in [-0.15, -0.1) is 0 Å². The Bertz CT molecular complexity index is 1770. The van der Waals surface area contributed by atoms with Gasteiger partial charge in [0.2, 0.25) is 11.8 Å². The topological polar surface area (TPSA) is 86.8 Å². The summed E-state index contributed by atoms with van der Waals surface area (Å²) in [6.07, 6.45) is 3.99. The fourth-order valence-corrected chi connectivity index (χ4v) is 7.78. The highest BCUT2D eigenvalue weighted by atomic mass is 35.5. The van der Waals surface area contributed by atoms with Crippen LogP contribution in [-0.4, -0.2) is 43.8 Å². The Kier molecular flexibility index (Phi) is 11.3. The molecule has 0 spiro atoms. The molecule has 1 unspecified atom stereocenters. The molecule has 2 amide bonds. The first-order chi connectivity index (χ1) is 22.5. The van der Waals surface area contributed by atoms with Crippen molar-refractivity contribution in [1.82, 2.24) is 10.2 Å². The lowest BCUT2D eigenvalue weighted by atomic mass is 10.0. The van der Waals surface area contributed by atoms with Gasteiger partial charge < -0.3 is 10.2 Å². The highest BCUT2D eigenvalue weighted by Gasteiger charge is 2.36. The summed E-state index contributed by atoms with van der Waals surface area (Å²) in [4.78, 5) is 30.3. The molecule has 0 radical (unpaired) electrons. The molecule has 1 saturated carbocycles. The fraction of sp³-hybridized carbons (Fsp3) is 0.297. The Morgan fingerprint density at radius 2 is 1.38 bits per heavy atom. The minimum Gasteiger partial charge on any atom is -0.352 e. The molecule has 4 aromatic carbocycles. The van der Waals surface area contributed by atoms with Gasteiger partial charge in [-0.3, -0.25) is 13.9 Å². The normalized spacial score (nSPS) is 14.0. The second kappa shape index (κ2) is 15.4. The summed E-state index contributed by atoms with van der Waals surface area (Å²) in [5.41, 5.74) is 3.50. The van der Waals surface area contributed by atoms with Gasteiger partial charge in [0.1, 0.15) is 12.6 Å². The lowest BCUT2D eigenvalue weighted by Gasteiger charge is -2.34. The zero-order valence-corrected chi connectivity index (χ0v) is 28.9. The van der Waals surface area contributed by atoms with E-state index in [1.54, 1.807) is 54.6 Å². The zero-order valence-electron chi connectivity index (χ0n) is 26.5. The van der Waals surface area contributed by atoms with Crippen LogP contribution in [0.25, 0.3) is 0 Å². The van der Waals surface area contributed by atoms with Crippen LogP contribution < -0.4 is 9.62 Å². The molecule has 0 aromatic heterocycles. The van der Waals surface area contributed by atoms with Crippen LogP contribution in [-0.2, 0) is 32.6 Å². The number of nitrogens with one attached hydrogen (secondary N) is 1. The Balaban J connectivity index is 1.59. The standard InChI is InChI=1S/C37H39Cl2N3O4S/c1-26-15-19-30(20-16-26)42(47(45,46)31-21-17-27(2)18-22-31)25-36(43)41(24-32-33(38)13-8-14-34(32)39)35(23-28-9-4-3-5-10-28)37(44)40-29-11-6-7-12-29/h3-5,8-10,13-22,29,35H,6-7,11-12,23-25H2,1-2H3,(H,40,44). The first-order valence-corrected chi connectivity index (χ1v) is 18.0. The second-order valence-corrected chi connectivity index (χ2v) is 14.8. The summed E-state index contributed by atoms with van der Waals surface area (Å²) in [6.45, 7) is 3.13. The number of hydrogen-bond donors (Lipinski definition) is 1. The Morgan fingerprint density at radius 1 is 0.809 bits per heavy atom. The van der Waals surface area contributed by atoms with Crippen molar-refractivity contribution in [3.63, 3.8) is 0 Å². The maximum absolute atomic E-state index is 14.7. The summed E-state index contributed by atoms with van der Waals surface area (Å²) >= 11 is 13.2. The van der Waals surface area contributed by atoms with Crippen molar-refractivity contribution in [2.75, 3.05) is 10.8 Å². The van der Waals surface area contributed by atoms with Crippen LogP contribution in [0.1, 0.15) is 47.9 Å². The van der Waals surface area contributed by atoms with E-state index in [0.29, 0.717) is 21.3 Å². The monoisotopic (exact) mass is 691 g/mol. The van der Waals surface area contributed by atoms with Crippen molar-refractivity contribution in [1.29, 1.82) is 0 Å². The van der Waals surface area contributed by atoms with Crippen molar-refractivity contribution in [2.45, 2.75) is 69.5 Å². The average Bonchev–Trinajstić information content (AvgIpc) is 3.57. The van der Waals surface area contributed by atoms with Crippen LogP contribution in [0.3, 0.4) is 0 Å². The number of nitrogens with zero attached hydrogens (tertiary/aromatic N) is 2. The average molecular weight is 693 g/mol. The maximum Gasteiger partial charge on any atom is 0.264 e. The highest BCUT2D eigenvalue weighted by molar-refractivity contribution is 7.92. The maximum atomic E-state index is 14.7. The number of rotatable bonds is 12. The first-order valence-electron chi connectivity index (χ1n) is 15.8. The van der Waals surface area contributed by atoms with E-state index >= 15 is 0 Å². The van der Waals surface area contributed by atoms with Gasteiger partial charge in [0, 0.05) is 34.6 Å². The molecular weight excluding hydrogens is 653 g/mol. The van der Waals surface area contributed by atoms with E-state index in [2.05, 4.69) is 5.32 Å². The number of amides is 2. The SMILES string of the molecule is Cc1ccc(N(CC(=O)N(Cc2c(Cl)cccc2Cl)C(Cc2ccccc2)C(=O)NC2CCCC2)S(=O)(=O)c2ccc(C)cc2)cc1. The third-order valence-electron chi connectivity index (χ3n) is 8.57. The molecule has 0 bridgehead atoms. The van der Waals surface area contributed by atoms with Gasteiger partial charge in [-0.1, -0.05) is 108 Å². The number of carbonyl (C=O) groups is 2. The van der Waals surface area contributed by atoms with Crippen LogP contribution in [0, 0.1) is 13.8 Å². The van der Waals surface area contributed by atoms with Gasteiger partial charge in [0.15, 0.2) is 0 Å². The highest BCUT2D eigenvalue weighted by Crippen LogP contribution is 2.29. The molecule has 4 aromatic rings. The van der Waals surface area contributed by atoms with Gasteiger partial charge in [-0.05, 0) is 68.7 Å². The lowest BCUT2D eigenvalue weighted by Crippen LogP contribution is -2.54. The third kappa shape index (κ3) is 8.55. The van der Waals surface area contributed by atoms with Gasteiger partial charge in [0.05, 0.1) is 10.6 Å². The first kappa shape index (κ1) is 34.5. The molecule has 0 heterocycles. The molecule has 1 atom stereocenters. The van der Waals surface area contributed by atoms with Crippen molar-refractivity contribution in [2.24, 2.45) is 0 Å². The van der Waals surface area contributed by atoms with Crippen molar-refractivity contribution >= 4 is 50.7 Å². The smallest absolute Gasteiger partial charge is 0.264 e. The molecular formula is C37H39Cl2N3O4S. The van der Waals surface area contributed by atoms with E-state index in [1.807, 2.05) is 44.2 Å². The van der Waals surface area contributed by atoms with E-state index in [-0.39, 0.29) is 29.8 Å². The lowest BCUT2D eigenvalue weighted by molar-refractivity contribution is -0.140. The summed E-state index contributed by atoms with van der Waals surface area (Å²) in [7, 11) is -4.19. The number of carbonyl (C=O) groups excluding carboxylic acids is 2. The van der Waals surface area contributed by atoms with E-state index in [9.17, 15) is 18.0 Å². The van der Waals surface area contributed by atoms with E-state index in [4.69, 9.17) is 23.2 Å². The molecule has 0 aliphatic heterocycles. The predicted molar refractivity (Wildman–Crippen MR) is 188 cm³/mol. The summed E-state index contributed by atoms with van der Waals surface area (Å²) in [5, 5.41) is 3.85. The molecule has 47 heavy (non-hydrogen) atoms. The number of anilines is 1. The molecule has 1 aliphatic rings. The minimum absolute atomic E-state index is 0.00704. The van der Waals surface area contributed by atoms with E-state index in [1.165, 1.54) is 17.0 Å². The number of sulfonamides is 1. The minimum atomic E-state index is -4.19. The summed E-state index contributed by atoms with van der Waals surface area (Å²) < 4.78 is 29.5. The number of benzene rings is 4. The summed E-state index contributed by atoms with van der Waals surface area (Å²) in [6, 6.07) is 27.0. The third-order valence-corrected chi connectivity index (χ3v) is 11.1. The molecule has 246 valence electrons. The zero-order chi connectivity index (χ0) is 33.6. The summed E-state index contributed by atoms with van der Waals surface area (Å²) in [5.74, 6) is -0.875. The van der Waals surface area contributed by atoms with E-state index < -0.39 is 28.5 Å². The van der Waals surface area contributed by atoms with Gasteiger partial charge >= 0.3 is 0 Å². The largest absolute Gasteiger partial charge is 0.352 e. The predicted octanol–water partition coefficient (Wildman–Crippen LogP) is 7.50. The molecule has 5 rings (SSSR count). The Hall–Kier alpha value is -3.85. The number of halogens is 2. The molecule has 0 saturated heterocycles. The second-order valence-electron chi connectivity index (χ2n) is 12.1. The van der Waals surface area contributed by atoms with Crippen LogP contribution in [0.2, 0.25) is 10.0 Å². The molecule has 1 fully saturated rings. The number of hydrogen-bond acceptors (Lipinski definition) is 4. The molecule has 10 heteroatoms. The van der Waals surface area contributed by atoms with E-state index in [0.717, 1.165) is 46.7 Å². The van der Waals surface area contributed by atoms with Crippen LogP contribution >= 0.6 is 23.2 Å². The molecule has 7 nitrogen and oxygen atoms in total. The quantitative estimate of drug-likeness (QED) is 0.167. The fourth-order valence-electron chi connectivity index (χ4n) is 5.85. The van der Waals surface area contributed by atoms with Crippen LogP contribution in [0.15, 0.2) is 102 Å². The van der Waals surface area contributed by atoms with Crippen molar-refractivity contribution in [3.05, 3.63) is 129 Å². The van der Waals surface area contributed by atoms with Crippen LogP contribution in [0.5, 0.6) is 0 Å². The van der Waals surface area contributed by atoms with Gasteiger partial charge in [0.25, 0.3) is 10.0 Å². The van der Waals surface area contributed by atoms with Gasteiger partial charge in [-0.2, -0.15) is 0 Å². The van der Waals surface area contributed by atoms with Crippen LogP contribution in [0.4, 0.5) is 5.69 Å². The molecule has 1 aliphatic carbocycles.